The molecule has 0 bridgehead atoms. The van der Waals surface area contributed by atoms with Crippen molar-refractivity contribution in [2.75, 3.05) is 0 Å². The Bertz CT molecular complexity index is 3160. The van der Waals surface area contributed by atoms with Gasteiger partial charge in [-0.1, -0.05) is 152 Å². The van der Waals surface area contributed by atoms with Crippen LogP contribution in [0.15, 0.2) is 176 Å². The molecule has 0 spiro atoms. The van der Waals surface area contributed by atoms with E-state index in [1.165, 1.54) is 86.9 Å². The van der Waals surface area contributed by atoms with Gasteiger partial charge in [-0.2, -0.15) is 0 Å². The first kappa shape index (κ1) is 28.0. The van der Waals surface area contributed by atoms with Crippen molar-refractivity contribution in [2.24, 2.45) is 0 Å². The monoisotopic (exact) mass is 647 g/mol. The summed E-state index contributed by atoms with van der Waals surface area (Å²) in [4.78, 5) is 9.12. The van der Waals surface area contributed by atoms with E-state index in [2.05, 4.69) is 157 Å². The second kappa shape index (κ2) is 10.8. The molecule has 2 aromatic heterocycles. The lowest BCUT2D eigenvalue weighted by Gasteiger charge is -2.17. The molecule has 3 heteroatoms. The van der Waals surface area contributed by atoms with Gasteiger partial charge >= 0.3 is 0 Å². The summed E-state index contributed by atoms with van der Waals surface area (Å²) < 4.78 is 1.96. The Kier molecular flexibility index (Phi) is 5.96. The van der Waals surface area contributed by atoms with E-state index in [-0.39, 0.29) is 0 Å². The first-order valence-corrected chi connectivity index (χ1v) is 17.4. The van der Waals surface area contributed by atoms with E-state index in [1.54, 1.807) is 6.20 Å². The number of benzene rings is 8. The largest absolute Gasteiger partial charge is 0.291 e. The highest BCUT2D eigenvalue weighted by atomic mass is 15.1. The summed E-state index contributed by atoms with van der Waals surface area (Å²) in [6.07, 6.45) is 5.78. The number of hydrogen-bond donors (Lipinski definition) is 0. The molecule has 0 saturated carbocycles. The topological polar surface area (TPSA) is 30.2 Å². The van der Waals surface area contributed by atoms with Crippen LogP contribution in [0.2, 0.25) is 0 Å². The molecule has 0 aliphatic heterocycles. The van der Waals surface area contributed by atoms with Crippen LogP contribution in [0.4, 0.5) is 0 Å². The minimum Gasteiger partial charge on any atom is -0.291 e. The van der Waals surface area contributed by atoms with Crippen LogP contribution in [-0.2, 0) is 0 Å². The maximum Gasteiger partial charge on any atom is 0.234 e. The summed E-state index contributed by atoms with van der Waals surface area (Å²) in [7, 11) is 0. The van der Waals surface area contributed by atoms with Gasteiger partial charge in [-0.15, -0.1) is 0 Å². The summed E-state index contributed by atoms with van der Waals surface area (Å²) in [5, 5.41) is 15.3. The molecule has 0 unspecified atom stereocenters. The van der Waals surface area contributed by atoms with Crippen molar-refractivity contribution in [2.45, 2.75) is 0 Å². The molecule has 236 valence electrons. The van der Waals surface area contributed by atoms with E-state index in [0.29, 0.717) is 5.78 Å². The first-order chi connectivity index (χ1) is 25.3. The van der Waals surface area contributed by atoms with Crippen molar-refractivity contribution in [3.8, 4) is 33.5 Å². The van der Waals surface area contributed by atoms with Crippen LogP contribution in [0.1, 0.15) is 0 Å². The Morgan fingerprint density at radius 3 is 1.65 bits per heavy atom. The molecule has 51 heavy (non-hydrogen) atoms. The molecule has 0 atom stereocenters. The van der Waals surface area contributed by atoms with E-state index in [4.69, 9.17) is 4.98 Å². The summed E-state index contributed by atoms with van der Waals surface area (Å²) >= 11 is 0. The Labute approximate surface area is 293 Å². The molecular formula is C48H29N3. The number of rotatable bonds is 3. The molecule has 0 aliphatic rings. The zero-order chi connectivity index (χ0) is 33.5. The molecule has 0 fully saturated rings. The third-order valence-electron chi connectivity index (χ3n) is 10.7. The predicted octanol–water partition coefficient (Wildman–Crippen LogP) is 12.6. The molecule has 11 rings (SSSR count). The quantitative estimate of drug-likeness (QED) is 0.179. The fourth-order valence-electron chi connectivity index (χ4n) is 8.41. The summed E-state index contributed by atoms with van der Waals surface area (Å²) in [6, 6.07) is 58.0. The highest BCUT2D eigenvalue weighted by Gasteiger charge is 2.17. The van der Waals surface area contributed by atoms with E-state index < -0.39 is 0 Å². The third-order valence-corrected chi connectivity index (χ3v) is 10.7. The van der Waals surface area contributed by atoms with Crippen LogP contribution in [0.25, 0.3) is 104 Å². The fraction of sp³-hybridized carbons (Fsp3) is 0. The highest BCUT2D eigenvalue weighted by Crippen LogP contribution is 2.44. The molecule has 3 nitrogen and oxygen atoms in total. The maximum absolute atomic E-state index is 4.73. The molecule has 11 aromatic rings. The van der Waals surface area contributed by atoms with Gasteiger partial charge in [-0.25, -0.2) is 9.97 Å². The van der Waals surface area contributed by atoms with Crippen LogP contribution in [0, 0.1) is 0 Å². The second-order valence-corrected chi connectivity index (χ2v) is 13.4. The molecule has 0 amide bonds. The van der Waals surface area contributed by atoms with Crippen molar-refractivity contribution in [3.63, 3.8) is 0 Å². The molecule has 0 aliphatic carbocycles. The maximum atomic E-state index is 4.73. The number of aromatic nitrogens is 3. The number of fused-ring (bicyclic) bond motifs is 7. The van der Waals surface area contributed by atoms with E-state index in [9.17, 15) is 0 Å². The number of imidazole rings is 1. The van der Waals surface area contributed by atoms with Crippen molar-refractivity contribution in [1.29, 1.82) is 0 Å². The minimum atomic E-state index is 0.702. The van der Waals surface area contributed by atoms with Crippen LogP contribution in [-0.4, -0.2) is 14.4 Å². The summed E-state index contributed by atoms with van der Waals surface area (Å²) in [6.45, 7) is 0. The van der Waals surface area contributed by atoms with Crippen molar-refractivity contribution in [3.05, 3.63) is 176 Å². The molecule has 2 heterocycles. The SMILES string of the molecule is c1ccc2c(-c3cccc4c5cccc6ccc7cccc(c8ccccc8c34)c7c65)ccc(-c3ccc(-c4cn5cccnc5n4)cc3)c2c1. The predicted molar refractivity (Wildman–Crippen MR) is 214 cm³/mol. The average molecular weight is 648 g/mol. The van der Waals surface area contributed by atoms with Gasteiger partial charge in [0, 0.05) is 24.2 Å². The summed E-state index contributed by atoms with van der Waals surface area (Å²) in [5.74, 6) is 0.702. The molecule has 0 radical (unpaired) electrons. The van der Waals surface area contributed by atoms with Gasteiger partial charge in [-0.05, 0) is 93.0 Å². The Morgan fingerprint density at radius 2 is 0.922 bits per heavy atom. The molecule has 0 saturated heterocycles. The van der Waals surface area contributed by atoms with Crippen LogP contribution >= 0.6 is 0 Å². The van der Waals surface area contributed by atoms with Gasteiger partial charge in [0.15, 0.2) is 0 Å². The Balaban J connectivity index is 1.17. The van der Waals surface area contributed by atoms with Crippen LogP contribution in [0.3, 0.4) is 0 Å². The molecule has 9 aromatic carbocycles. The normalized spacial score (nSPS) is 11.9. The lowest BCUT2D eigenvalue weighted by Crippen LogP contribution is -1.90. The van der Waals surface area contributed by atoms with Gasteiger partial charge < -0.3 is 0 Å². The van der Waals surface area contributed by atoms with E-state index in [0.717, 1.165) is 11.3 Å². The second-order valence-electron chi connectivity index (χ2n) is 13.4. The van der Waals surface area contributed by atoms with E-state index >= 15 is 0 Å². The van der Waals surface area contributed by atoms with Crippen LogP contribution < -0.4 is 0 Å². The first-order valence-electron chi connectivity index (χ1n) is 17.4. The van der Waals surface area contributed by atoms with Gasteiger partial charge in [0.2, 0.25) is 5.78 Å². The average Bonchev–Trinajstić information content (AvgIpc) is 3.64. The van der Waals surface area contributed by atoms with Crippen molar-refractivity contribution >= 4 is 70.4 Å². The van der Waals surface area contributed by atoms with Gasteiger partial charge in [0.05, 0.1) is 5.69 Å². The number of hydrogen-bond acceptors (Lipinski definition) is 2. The lowest BCUT2D eigenvalue weighted by molar-refractivity contribution is 1.11. The molecule has 0 N–H and O–H groups in total. The molecular weight excluding hydrogens is 619 g/mol. The van der Waals surface area contributed by atoms with Crippen molar-refractivity contribution in [1.82, 2.24) is 14.4 Å². The zero-order valence-corrected chi connectivity index (χ0v) is 27.6. The van der Waals surface area contributed by atoms with Gasteiger partial charge in [0.25, 0.3) is 0 Å². The Morgan fingerprint density at radius 1 is 0.373 bits per heavy atom. The Hall–Kier alpha value is -6.84. The smallest absolute Gasteiger partial charge is 0.234 e. The highest BCUT2D eigenvalue weighted by molar-refractivity contribution is 6.34. The van der Waals surface area contributed by atoms with Gasteiger partial charge in [0.1, 0.15) is 0 Å². The number of nitrogens with zero attached hydrogens (tertiary/aromatic N) is 3. The van der Waals surface area contributed by atoms with Crippen molar-refractivity contribution < 1.29 is 0 Å². The summed E-state index contributed by atoms with van der Waals surface area (Å²) in [5.41, 5.74) is 6.83. The lowest BCUT2D eigenvalue weighted by atomic mass is 9.86. The minimum absolute atomic E-state index is 0.702. The third kappa shape index (κ3) is 4.19. The zero-order valence-electron chi connectivity index (χ0n) is 27.6. The standard InChI is InChI=1S/C48H29N3/c1-2-12-36-35(11-1)34(30-19-21-31(22-20-30)44-29-51-28-8-27-49-48(51)50-44)25-26-38(36)41-17-7-18-43-42-16-6-10-33-24-23-32-9-5-15-39(45(32)46(33)42)37-13-3-4-14-40(37)47(41)43/h1-29H. The fourth-order valence-corrected chi connectivity index (χ4v) is 8.41. The van der Waals surface area contributed by atoms with Crippen LogP contribution in [0.5, 0.6) is 0 Å². The van der Waals surface area contributed by atoms with Gasteiger partial charge in [-0.3, -0.25) is 4.40 Å². The van der Waals surface area contributed by atoms with E-state index in [1.807, 2.05) is 22.9 Å².